The van der Waals surface area contributed by atoms with E-state index >= 15 is 0 Å². The first-order valence-corrected chi connectivity index (χ1v) is 11.7. The summed E-state index contributed by atoms with van der Waals surface area (Å²) in [4.78, 5) is 28.4. The van der Waals surface area contributed by atoms with E-state index in [2.05, 4.69) is 22.6 Å². The van der Waals surface area contributed by atoms with Crippen molar-refractivity contribution in [1.29, 1.82) is 0 Å². The van der Waals surface area contributed by atoms with E-state index in [1.165, 1.54) is 18.2 Å². The number of carbonyl (C=O) groups is 1. The Hall–Kier alpha value is -2.81. The molecule has 1 unspecified atom stereocenters. The molecule has 0 bridgehead atoms. The quantitative estimate of drug-likeness (QED) is 0.638. The van der Waals surface area contributed by atoms with Crippen LogP contribution in [0.15, 0.2) is 35.3 Å². The third-order valence-electron chi connectivity index (χ3n) is 7.56. The highest BCUT2D eigenvalue weighted by Crippen LogP contribution is 2.47. The van der Waals surface area contributed by atoms with Crippen LogP contribution in [0.4, 0.5) is 18.9 Å². The molecule has 3 aliphatic rings. The Kier molecular flexibility index (Phi) is 5.70. The number of fused-ring (bicyclic) bond motifs is 1. The zero-order valence-electron chi connectivity index (χ0n) is 19.4. The number of aromatic nitrogens is 1. The molecule has 2 N–H and O–H groups in total. The van der Waals surface area contributed by atoms with Crippen molar-refractivity contribution in [2.75, 3.05) is 25.5 Å². The molecule has 6 atom stereocenters. The lowest BCUT2D eigenvalue weighted by Gasteiger charge is -2.20. The molecule has 3 fully saturated rings. The van der Waals surface area contributed by atoms with E-state index in [4.69, 9.17) is 0 Å². The zero-order valence-corrected chi connectivity index (χ0v) is 19.4. The van der Waals surface area contributed by atoms with Gasteiger partial charge in [-0.05, 0) is 38.1 Å². The summed E-state index contributed by atoms with van der Waals surface area (Å²) < 4.78 is 42.5. The van der Waals surface area contributed by atoms with Gasteiger partial charge in [-0.25, -0.2) is 13.2 Å². The first-order valence-electron chi connectivity index (χ1n) is 11.7. The van der Waals surface area contributed by atoms with E-state index < -0.39 is 29.8 Å². The van der Waals surface area contributed by atoms with Crippen LogP contribution in [0.25, 0.3) is 0 Å². The molecule has 1 aromatic heterocycles. The number of hydrogen-bond donors (Lipinski definition) is 2. The maximum Gasteiger partial charge on any atom is 0.266 e. The maximum atomic E-state index is 14.6. The van der Waals surface area contributed by atoms with Crippen LogP contribution in [-0.2, 0) is 0 Å². The average molecular weight is 475 g/mol. The van der Waals surface area contributed by atoms with Gasteiger partial charge < -0.3 is 20.1 Å². The number of halogens is 3. The second-order valence-electron chi connectivity index (χ2n) is 10.1. The number of nitrogens with one attached hydrogen (secondary N) is 2. The fourth-order valence-electron chi connectivity index (χ4n) is 5.35. The summed E-state index contributed by atoms with van der Waals surface area (Å²) >= 11 is 0. The molecular formula is C25H29F3N4O2. The molecule has 1 saturated heterocycles. The molecule has 0 spiro atoms. The van der Waals surface area contributed by atoms with Gasteiger partial charge in [0.15, 0.2) is 0 Å². The Morgan fingerprint density at radius 1 is 1.18 bits per heavy atom. The van der Waals surface area contributed by atoms with Crippen LogP contribution in [-0.4, -0.2) is 41.6 Å². The van der Waals surface area contributed by atoms with Crippen molar-refractivity contribution < 1.29 is 18.0 Å². The summed E-state index contributed by atoms with van der Waals surface area (Å²) in [5.41, 5.74) is -0.107. The Bertz CT molecular complexity index is 1170. The van der Waals surface area contributed by atoms with Gasteiger partial charge in [-0.3, -0.25) is 9.59 Å². The molecular weight excluding hydrogens is 445 g/mol. The van der Waals surface area contributed by atoms with Crippen molar-refractivity contribution >= 4 is 11.6 Å². The number of alkyl halides is 2. The van der Waals surface area contributed by atoms with Crippen LogP contribution in [0.5, 0.6) is 0 Å². The number of pyridine rings is 1. The zero-order chi connectivity index (χ0) is 24.3. The molecule has 2 aromatic rings. The molecule has 182 valence electrons. The maximum absolute atomic E-state index is 14.6. The lowest BCUT2D eigenvalue weighted by molar-refractivity contribution is 0.0939. The normalized spacial score (nSPS) is 28.5. The Balaban J connectivity index is 1.41. The highest BCUT2D eigenvalue weighted by atomic mass is 19.3. The average Bonchev–Trinajstić information content (AvgIpc) is 3.60. The van der Waals surface area contributed by atoms with Gasteiger partial charge in [0.1, 0.15) is 5.82 Å². The van der Waals surface area contributed by atoms with E-state index in [1.54, 1.807) is 17.7 Å². The predicted molar refractivity (Wildman–Crippen MR) is 123 cm³/mol. The second-order valence-corrected chi connectivity index (χ2v) is 10.1. The van der Waals surface area contributed by atoms with E-state index in [-0.39, 0.29) is 23.2 Å². The molecule has 2 aliphatic carbocycles. The highest BCUT2D eigenvalue weighted by molar-refractivity contribution is 5.99. The molecule has 6 nitrogen and oxygen atoms in total. The van der Waals surface area contributed by atoms with Crippen molar-refractivity contribution in [2.24, 2.45) is 17.8 Å². The van der Waals surface area contributed by atoms with Crippen LogP contribution in [0.2, 0.25) is 0 Å². The molecule has 2 heterocycles. The first kappa shape index (κ1) is 23.0. The van der Waals surface area contributed by atoms with E-state index in [0.717, 1.165) is 25.6 Å². The third kappa shape index (κ3) is 4.10. The lowest BCUT2D eigenvalue weighted by Crippen LogP contribution is -2.32. The number of nitrogens with zero attached hydrogens (tertiary/aromatic N) is 2. The van der Waals surface area contributed by atoms with Crippen LogP contribution < -0.4 is 16.2 Å². The lowest BCUT2D eigenvalue weighted by atomic mass is 10.0. The summed E-state index contributed by atoms with van der Waals surface area (Å²) in [5, 5.41) is 6.14. The number of piperidine rings is 1. The van der Waals surface area contributed by atoms with Crippen molar-refractivity contribution in [3.05, 3.63) is 63.3 Å². The number of amides is 1. The Labute approximate surface area is 196 Å². The van der Waals surface area contributed by atoms with Crippen LogP contribution in [0.1, 0.15) is 60.3 Å². The number of benzene rings is 1. The SMILES string of the molecule is C[C@@H](NC(=O)c1cn([C@@H]2C[C@@H]2C)c(=O)cc1NC1[C@H]2CN(C)C[C@@H]12)c1cccc(C(F)F)c1F. The number of likely N-dealkylation sites (tertiary alicyclic amines) is 1. The van der Waals surface area contributed by atoms with Gasteiger partial charge in [0.25, 0.3) is 17.9 Å². The molecule has 0 radical (unpaired) electrons. The number of anilines is 1. The van der Waals surface area contributed by atoms with Gasteiger partial charge in [-0.1, -0.05) is 25.1 Å². The summed E-state index contributed by atoms with van der Waals surface area (Å²) in [7, 11) is 2.07. The number of rotatable bonds is 7. The highest BCUT2D eigenvalue weighted by Gasteiger charge is 2.55. The predicted octanol–water partition coefficient (Wildman–Crippen LogP) is 3.97. The van der Waals surface area contributed by atoms with Crippen molar-refractivity contribution in [3.63, 3.8) is 0 Å². The minimum atomic E-state index is -2.94. The minimum Gasteiger partial charge on any atom is -0.381 e. The van der Waals surface area contributed by atoms with Gasteiger partial charge in [0.05, 0.1) is 22.9 Å². The summed E-state index contributed by atoms with van der Waals surface area (Å²) in [6, 6.07) is 4.67. The van der Waals surface area contributed by atoms with E-state index in [0.29, 0.717) is 29.0 Å². The van der Waals surface area contributed by atoms with E-state index in [1.807, 2.05) is 6.92 Å². The molecule has 5 rings (SSSR count). The van der Waals surface area contributed by atoms with Gasteiger partial charge in [0.2, 0.25) is 0 Å². The molecule has 1 amide bonds. The molecule has 2 saturated carbocycles. The summed E-state index contributed by atoms with van der Waals surface area (Å²) in [6.07, 6.45) is -0.494. The molecule has 1 aromatic carbocycles. The smallest absolute Gasteiger partial charge is 0.266 e. The third-order valence-corrected chi connectivity index (χ3v) is 7.56. The molecule has 1 aliphatic heterocycles. The first-order chi connectivity index (χ1) is 16.2. The second kappa shape index (κ2) is 8.45. The summed E-state index contributed by atoms with van der Waals surface area (Å²) in [5.74, 6) is -0.179. The standard InChI is InChI=1S/C25H29F3N4O2/c1-12-7-20(12)32-11-18(19(8-21(32)33)30-23-16-9-31(3)10-17(16)23)25(34)29-13(2)14-5-4-6-15(22(14)26)24(27)28/h4-6,8,11-13,16-17,20,23-24,30H,7,9-10H2,1-3H3,(H,29,34)/t12-,13+,16-,17+,20+,23?/m0/s1. The van der Waals surface area contributed by atoms with Gasteiger partial charge in [-0.15, -0.1) is 0 Å². The number of carbonyl (C=O) groups excluding carboxylic acids is 1. The minimum absolute atomic E-state index is 0.00967. The van der Waals surface area contributed by atoms with Crippen molar-refractivity contribution in [2.45, 2.75) is 44.8 Å². The fourth-order valence-corrected chi connectivity index (χ4v) is 5.35. The Morgan fingerprint density at radius 3 is 2.44 bits per heavy atom. The van der Waals surface area contributed by atoms with Crippen LogP contribution in [0.3, 0.4) is 0 Å². The van der Waals surface area contributed by atoms with Gasteiger partial charge in [-0.2, -0.15) is 0 Å². The van der Waals surface area contributed by atoms with E-state index in [9.17, 15) is 22.8 Å². The summed E-state index contributed by atoms with van der Waals surface area (Å²) in [6.45, 7) is 5.54. The van der Waals surface area contributed by atoms with Crippen molar-refractivity contribution in [3.8, 4) is 0 Å². The molecule has 9 heteroatoms. The topological polar surface area (TPSA) is 66.4 Å². The van der Waals surface area contributed by atoms with Crippen LogP contribution >= 0.6 is 0 Å². The molecule has 34 heavy (non-hydrogen) atoms. The van der Waals surface area contributed by atoms with Gasteiger partial charge >= 0.3 is 0 Å². The fraction of sp³-hybridized carbons (Fsp3) is 0.520. The number of hydrogen-bond acceptors (Lipinski definition) is 4. The largest absolute Gasteiger partial charge is 0.381 e. The van der Waals surface area contributed by atoms with Crippen LogP contribution in [0, 0.1) is 23.6 Å². The van der Waals surface area contributed by atoms with Crippen molar-refractivity contribution in [1.82, 2.24) is 14.8 Å². The Morgan fingerprint density at radius 2 is 1.82 bits per heavy atom. The van der Waals surface area contributed by atoms with Gasteiger partial charge in [0, 0.05) is 43.0 Å². The monoisotopic (exact) mass is 474 g/mol.